The summed E-state index contributed by atoms with van der Waals surface area (Å²) in [5.74, 6) is -1.16. The molecule has 44 heavy (non-hydrogen) atoms. The van der Waals surface area contributed by atoms with Gasteiger partial charge in [-0.2, -0.15) is 0 Å². The Balaban J connectivity index is 1.30. The Morgan fingerprint density at radius 1 is 1.07 bits per heavy atom. The average molecular weight is 615 g/mol. The maximum absolute atomic E-state index is 13.6. The van der Waals surface area contributed by atoms with Crippen LogP contribution in [-0.2, 0) is 32.1 Å². The molecule has 1 aliphatic rings. The molecule has 1 unspecified atom stereocenters. The molecular formula is C34H38N4O5S. The van der Waals surface area contributed by atoms with Gasteiger partial charge in [0.15, 0.2) is 5.16 Å². The summed E-state index contributed by atoms with van der Waals surface area (Å²) in [7, 11) is 0. The van der Waals surface area contributed by atoms with Crippen molar-refractivity contribution in [2.75, 3.05) is 19.7 Å². The van der Waals surface area contributed by atoms with Gasteiger partial charge in [-0.15, -0.1) is 0 Å². The van der Waals surface area contributed by atoms with Gasteiger partial charge < -0.3 is 15.0 Å². The number of esters is 1. The third-order valence-corrected chi connectivity index (χ3v) is 9.14. The summed E-state index contributed by atoms with van der Waals surface area (Å²) >= 11 is 1.40. The van der Waals surface area contributed by atoms with Crippen molar-refractivity contribution in [1.82, 2.24) is 19.8 Å². The first-order valence-corrected chi connectivity index (χ1v) is 16.0. The van der Waals surface area contributed by atoms with Crippen LogP contribution in [-0.4, -0.2) is 58.0 Å². The quantitative estimate of drug-likeness (QED) is 0.144. The third-order valence-electron chi connectivity index (χ3n) is 8.03. The van der Waals surface area contributed by atoms with E-state index in [-0.39, 0.29) is 48.8 Å². The summed E-state index contributed by atoms with van der Waals surface area (Å²) in [4.78, 5) is 59.0. The van der Waals surface area contributed by atoms with Gasteiger partial charge in [0.25, 0.3) is 5.56 Å². The molecular weight excluding hydrogens is 576 g/mol. The van der Waals surface area contributed by atoms with Gasteiger partial charge in [0.1, 0.15) is 0 Å². The van der Waals surface area contributed by atoms with E-state index >= 15 is 0 Å². The van der Waals surface area contributed by atoms with E-state index in [0.29, 0.717) is 35.7 Å². The van der Waals surface area contributed by atoms with Crippen LogP contribution in [0.1, 0.15) is 45.6 Å². The molecule has 1 saturated heterocycles. The summed E-state index contributed by atoms with van der Waals surface area (Å²) in [6.45, 7) is 7.06. The van der Waals surface area contributed by atoms with Crippen LogP contribution in [0.3, 0.4) is 0 Å². The van der Waals surface area contributed by atoms with E-state index in [9.17, 15) is 19.2 Å². The van der Waals surface area contributed by atoms with Crippen LogP contribution in [0.25, 0.3) is 21.7 Å². The molecule has 1 aromatic heterocycles. The van der Waals surface area contributed by atoms with Gasteiger partial charge in [-0.25, -0.2) is 4.98 Å². The zero-order valence-electron chi connectivity index (χ0n) is 25.4. The predicted octanol–water partition coefficient (Wildman–Crippen LogP) is 4.96. The number of rotatable bonds is 11. The van der Waals surface area contributed by atoms with Gasteiger partial charge in [-0.3, -0.25) is 23.7 Å². The third kappa shape index (κ3) is 6.96. The van der Waals surface area contributed by atoms with Crippen molar-refractivity contribution in [2.24, 2.45) is 5.92 Å². The SMILES string of the molecule is CCOC(=O)C(C)CC(=O)NC[C@@H]1CCCN1C(=O)Cc1ccccc1Sc1nc2cc3ccccc3cc2c(=O)n1CC. The molecule has 230 valence electrons. The monoisotopic (exact) mass is 614 g/mol. The maximum Gasteiger partial charge on any atom is 0.309 e. The zero-order chi connectivity index (χ0) is 31.2. The first-order valence-electron chi connectivity index (χ1n) is 15.2. The molecule has 4 aromatic rings. The number of carbonyl (C=O) groups is 3. The number of benzene rings is 3. The van der Waals surface area contributed by atoms with Crippen molar-refractivity contribution in [3.8, 4) is 0 Å². The van der Waals surface area contributed by atoms with Gasteiger partial charge >= 0.3 is 5.97 Å². The molecule has 10 heteroatoms. The molecule has 0 aliphatic carbocycles. The first-order chi connectivity index (χ1) is 21.3. The van der Waals surface area contributed by atoms with Crippen LogP contribution in [0, 0.1) is 5.92 Å². The minimum Gasteiger partial charge on any atom is -0.466 e. The Labute approximate surface area is 261 Å². The summed E-state index contributed by atoms with van der Waals surface area (Å²) in [5, 5.41) is 6.09. The second kappa shape index (κ2) is 14.1. The van der Waals surface area contributed by atoms with E-state index in [0.717, 1.165) is 34.1 Å². The summed E-state index contributed by atoms with van der Waals surface area (Å²) in [6, 6.07) is 19.4. The van der Waals surface area contributed by atoms with Gasteiger partial charge in [0.2, 0.25) is 11.8 Å². The number of nitrogens with zero attached hydrogens (tertiary/aromatic N) is 3. The summed E-state index contributed by atoms with van der Waals surface area (Å²) < 4.78 is 6.68. The van der Waals surface area contributed by atoms with E-state index < -0.39 is 5.92 Å². The Morgan fingerprint density at radius 2 is 1.80 bits per heavy atom. The molecule has 1 N–H and O–H groups in total. The zero-order valence-corrected chi connectivity index (χ0v) is 26.2. The van der Waals surface area contributed by atoms with Crippen LogP contribution < -0.4 is 10.9 Å². The van der Waals surface area contributed by atoms with Crippen LogP contribution in [0.4, 0.5) is 0 Å². The number of ether oxygens (including phenoxy) is 1. The van der Waals surface area contributed by atoms with E-state index in [1.165, 1.54) is 11.8 Å². The number of hydrogen-bond donors (Lipinski definition) is 1. The highest BCUT2D eigenvalue weighted by Gasteiger charge is 2.30. The highest BCUT2D eigenvalue weighted by atomic mass is 32.2. The Morgan fingerprint density at radius 3 is 2.55 bits per heavy atom. The number of fused-ring (bicyclic) bond motifs is 2. The summed E-state index contributed by atoms with van der Waals surface area (Å²) in [6.07, 6.45) is 1.91. The number of nitrogens with one attached hydrogen (secondary N) is 1. The van der Waals surface area contributed by atoms with Crippen molar-refractivity contribution in [3.63, 3.8) is 0 Å². The topological polar surface area (TPSA) is 111 Å². The lowest BCUT2D eigenvalue weighted by molar-refractivity contribution is -0.149. The number of carbonyl (C=O) groups excluding carboxylic acids is 3. The minimum absolute atomic E-state index is 0.0134. The molecule has 0 spiro atoms. The fraction of sp³-hybridized carbons (Fsp3) is 0.382. The molecule has 0 saturated carbocycles. The Hall–Kier alpha value is -4.18. The normalized spacial score (nSPS) is 15.4. The lowest BCUT2D eigenvalue weighted by atomic mass is 10.1. The van der Waals surface area contributed by atoms with Gasteiger partial charge in [0, 0.05) is 37.0 Å². The second-order valence-electron chi connectivity index (χ2n) is 11.1. The van der Waals surface area contributed by atoms with Gasteiger partial charge in [-0.1, -0.05) is 61.2 Å². The standard InChI is InChI=1S/C34H38N4O5S/c1-4-37-32(41)27-18-23-11-6-7-12-24(23)19-28(27)36-34(37)44-29-15-9-8-13-25(29)20-31(40)38-16-10-14-26(38)21-35-30(39)17-22(3)33(42)43-5-2/h6-9,11-13,15,18-19,22,26H,4-5,10,14,16-17,20-21H2,1-3H3,(H,35,39)/t22?,26-/m0/s1. The fourth-order valence-corrected chi connectivity index (χ4v) is 6.76. The maximum atomic E-state index is 13.6. The second-order valence-corrected chi connectivity index (χ2v) is 12.1. The van der Waals surface area contributed by atoms with Crippen molar-refractivity contribution in [1.29, 1.82) is 0 Å². The Bertz CT molecular complexity index is 1750. The van der Waals surface area contributed by atoms with Crippen molar-refractivity contribution in [2.45, 2.75) is 69.1 Å². The van der Waals surface area contributed by atoms with Crippen molar-refractivity contribution >= 4 is 51.2 Å². The highest BCUT2D eigenvalue weighted by Crippen LogP contribution is 2.31. The lowest BCUT2D eigenvalue weighted by Crippen LogP contribution is -2.44. The molecule has 1 fully saturated rings. The Kier molecular flexibility index (Phi) is 9.99. The van der Waals surface area contributed by atoms with Crippen molar-refractivity contribution in [3.05, 3.63) is 76.6 Å². The lowest BCUT2D eigenvalue weighted by Gasteiger charge is -2.25. The van der Waals surface area contributed by atoms with E-state index in [1.807, 2.05) is 72.5 Å². The molecule has 0 bridgehead atoms. The number of aromatic nitrogens is 2. The van der Waals surface area contributed by atoms with Gasteiger partial charge in [0.05, 0.1) is 29.8 Å². The van der Waals surface area contributed by atoms with Crippen LogP contribution >= 0.6 is 11.8 Å². The van der Waals surface area contributed by atoms with E-state index in [4.69, 9.17) is 9.72 Å². The largest absolute Gasteiger partial charge is 0.466 e. The summed E-state index contributed by atoms with van der Waals surface area (Å²) in [5.41, 5.74) is 1.42. The molecule has 5 rings (SSSR count). The van der Waals surface area contributed by atoms with Crippen LogP contribution in [0.2, 0.25) is 0 Å². The molecule has 1 aliphatic heterocycles. The fourth-order valence-electron chi connectivity index (χ4n) is 5.68. The first kappa shape index (κ1) is 31.3. The minimum atomic E-state index is -0.522. The van der Waals surface area contributed by atoms with Crippen molar-refractivity contribution < 1.29 is 19.1 Å². The smallest absolute Gasteiger partial charge is 0.309 e. The number of amides is 2. The van der Waals surface area contributed by atoms with Gasteiger partial charge in [-0.05, 0) is 61.2 Å². The molecule has 0 radical (unpaired) electrons. The van der Waals surface area contributed by atoms with Crippen LogP contribution in [0.5, 0.6) is 0 Å². The molecule has 3 aromatic carbocycles. The molecule has 2 atom stereocenters. The van der Waals surface area contributed by atoms with Crippen LogP contribution in [0.15, 0.2) is 75.5 Å². The number of likely N-dealkylation sites (tertiary alicyclic amines) is 1. The molecule has 9 nitrogen and oxygen atoms in total. The number of hydrogen-bond acceptors (Lipinski definition) is 7. The van der Waals surface area contributed by atoms with E-state index in [1.54, 1.807) is 18.4 Å². The molecule has 2 heterocycles. The average Bonchev–Trinajstić information content (AvgIpc) is 3.49. The highest BCUT2D eigenvalue weighted by molar-refractivity contribution is 7.99. The van der Waals surface area contributed by atoms with E-state index in [2.05, 4.69) is 5.32 Å². The molecule has 2 amide bonds. The predicted molar refractivity (Wildman–Crippen MR) is 172 cm³/mol.